The fraction of sp³-hybridized carbons (Fsp3) is 0.214. The number of benzene rings is 2. The number of ether oxygens (including phenoxy) is 2. The minimum atomic E-state index is -0.948. The lowest BCUT2D eigenvalue weighted by molar-refractivity contribution is -0.132. The van der Waals surface area contributed by atoms with E-state index >= 15 is 0 Å². The zero-order valence-electron chi connectivity index (χ0n) is 20.8. The molecule has 1 amide bonds. The number of methoxy groups -OCH3 is 1. The number of anilines is 1. The van der Waals surface area contributed by atoms with Crippen LogP contribution in [0.15, 0.2) is 60.3 Å². The maximum Gasteiger partial charge on any atom is 0.301 e. The Balaban J connectivity index is 1.68. The second kappa shape index (κ2) is 9.67. The molecular weight excluding hydrogens is 490 g/mol. The van der Waals surface area contributed by atoms with E-state index in [0.29, 0.717) is 40.0 Å². The number of aliphatic hydroxyl groups excluding tert-OH is 1. The van der Waals surface area contributed by atoms with Crippen LogP contribution in [0.2, 0.25) is 0 Å². The molecule has 1 N–H and O–H groups in total. The predicted molar refractivity (Wildman–Crippen MR) is 142 cm³/mol. The molecule has 1 aliphatic heterocycles. The van der Waals surface area contributed by atoms with Crippen LogP contribution in [-0.4, -0.2) is 40.5 Å². The zero-order valence-corrected chi connectivity index (χ0v) is 21.6. The van der Waals surface area contributed by atoms with E-state index in [-0.39, 0.29) is 11.3 Å². The quantitative estimate of drug-likeness (QED) is 0.210. The standard InChI is InChI=1S/C28H25N3O5S/c1-5-36-20-10-9-17(12-15(20)2)25(32)23-24(18-8-6-7-11-29-18)31(27(34)26(23)33)28-30-19-13-16(3)21(35-4)14-22(19)37-28/h6-14,24,32H,5H2,1-4H3/b25-23+. The molecule has 0 saturated carbocycles. The van der Waals surface area contributed by atoms with Crippen LogP contribution < -0.4 is 14.4 Å². The minimum absolute atomic E-state index is 0.0414. The number of hydrogen-bond acceptors (Lipinski definition) is 8. The highest BCUT2D eigenvalue weighted by molar-refractivity contribution is 7.22. The van der Waals surface area contributed by atoms with Crippen LogP contribution >= 0.6 is 11.3 Å². The number of amides is 1. The molecule has 8 nitrogen and oxygen atoms in total. The third kappa shape index (κ3) is 4.21. The summed E-state index contributed by atoms with van der Waals surface area (Å²) >= 11 is 1.27. The topological polar surface area (TPSA) is 102 Å². The average Bonchev–Trinajstić information content (AvgIpc) is 3.42. The smallest absolute Gasteiger partial charge is 0.301 e. The van der Waals surface area contributed by atoms with Gasteiger partial charge in [0.2, 0.25) is 0 Å². The van der Waals surface area contributed by atoms with Gasteiger partial charge in [0.05, 0.1) is 35.2 Å². The number of aryl methyl sites for hydroxylation is 2. The van der Waals surface area contributed by atoms with Gasteiger partial charge in [-0.3, -0.25) is 19.5 Å². The molecule has 9 heteroatoms. The summed E-state index contributed by atoms with van der Waals surface area (Å²) in [6, 6.07) is 13.2. The Morgan fingerprint density at radius 1 is 1.08 bits per heavy atom. The fourth-order valence-corrected chi connectivity index (χ4v) is 5.49. The van der Waals surface area contributed by atoms with E-state index in [4.69, 9.17) is 9.47 Å². The maximum atomic E-state index is 13.4. The minimum Gasteiger partial charge on any atom is -0.507 e. The largest absolute Gasteiger partial charge is 0.507 e. The number of carbonyl (C=O) groups is 2. The molecule has 1 unspecified atom stereocenters. The summed E-state index contributed by atoms with van der Waals surface area (Å²) in [5.74, 6) is -0.463. The summed E-state index contributed by atoms with van der Waals surface area (Å²) in [5, 5.41) is 11.7. The molecule has 1 saturated heterocycles. The van der Waals surface area contributed by atoms with Crippen molar-refractivity contribution in [3.8, 4) is 11.5 Å². The Kier molecular flexibility index (Phi) is 6.39. The highest BCUT2D eigenvalue weighted by Crippen LogP contribution is 2.44. The normalized spacial score (nSPS) is 17.0. The van der Waals surface area contributed by atoms with Crippen molar-refractivity contribution in [3.63, 3.8) is 0 Å². The lowest BCUT2D eigenvalue weighted by Crippen LogP contribution is -2.29. The number of aromatic nitrogens is 2. The fourth-order valence-electron chi connectivity index (χ4n) is 4.49. The number of aliphatic hydroxyl groups is 1. The molecule has 1 aliphatic rings. The van der Waals surface area contributed by atoms with Crippen LogP contribution in [0.25, 0.3) is 16.0 Å². The van der Waals surface area contributed by atoms with Crippen LogP contribution in [0, 0.1) is 13.8 Å². The van der Waals surface area contributed by atoms with E-state index in [0.717, 1.165) is 15.8 Å². The Morgan fingerprint density at radius 3 is 2.54 bits per heavy atom. The van der Waals surface area contributed by atoms with Gasteiger partial charge in [-0.15, -0.1) is 0 Å². The SMILES string of the molecule is CCOc1ccc(/C(O)=C2\C(=O)C(=O)N(c3nc4cc(C)c(OC)cc4s3)C2c2ccccn2)cc1C. The molecule has 0 aliphatic carbocycles. The zero-order chi connectivity index (χ0) is 26.3. The predicted octanol–water partition coefficient (Wildman–Crippen LogP) is 5.34. The Bertz CT molecular complexity index is 1560. The van der Waals surface area contributed by atoms with Gasteiger partial charge < -0.3 is 14.6 Å². The molecule has 0 bridgehead atoms. The van der Waals surface area contributed by atoms with Gasteiger partial charge in [0.25, 0.3) is 5.78 Å². The summed E-state index contributed by atoms with van der Waals surface area (Å²) in [6.45, 7) is 6.16. The second-order valence-electron chi connectivity index (χ2n) is 8.62. The number of fused-ring (bicyclic) bond motifs is 1. The molecule has 3 heterocycles. The van der Waals surface area contributed by atoms with Crippen molar-refractivity contribution < 1.29 is 24.2 Å². The van der Waals surface area contributed by atoms with Gasteiger partial charge in [-0.05, 0) is 74.4 Å². The van der Waals surface area contributed by atoms with Crippen LogP contribution in [0.3, 0.4) is 0 Å². The van der Waals surface area contributed by atoms with E-state index in [1.807, 2.05) is 32.9 Å². The monoisotopic (exact) mass is 515 g/mol. The van der Waals surface area contributed by atoms with Crippen LogP contribution in [0.1, 0.15) is 35.3 Å². The molecule has 0 spiro atoms. The van der Waals surface area contributed by atoms with Crippen molar-refractivity contribution in [2.45, 2.75) is 26.8 Å². The Hall–Kier alpha value is -4.24. The average molecular weight is 516 g/mol. The van der Waals surface area contributed by atoms with Gasteiger partial charge in [-0.1, -0.05) is 17.4 Å². The molecule has 37 heavy (non-hydrogen) atoms. The molecule has 0 radical (unpaired) electrons. The third-order valence-corrected chi connectivity index (χ3v) is 7.28. The summed E-state index contributed by atoms with van der Waals surface area (Å²) < 4.78 is 11.8. The van der Waals surface area contributed by atoms with Crippen molar-refractivity contribution in [2.24, 2.45) is 0 Å². The van der Waals surface area contributed by atoms with Gasteiger partial charge in [-0.25, -0.2) is 4.98 Å². The first-order valence-electron chi connectivity index (χ1n) is 11.7. The van der Waals surface area contributed by atoms with Crippen LogP contribution in [0.5, 0.6) is 11.5 Å². The number of hydrogen-bond donors (Lipinski definition) is 1. The number of nitrogens with zero attached hydrogens (tertiary/aromatic N) is 3. The number of rotatable bonds is 6. The van der Waals surface area contributed by atoms with Crippen molar-refractivity contribution in [3.05, 3.63) is 82.7 Å². The molecule has 188 valence electrons. The van der Waals surface area contributed by atoms with E-state index in [9.17, 15) is 14.7 Å². The van der Waals surface area contributed by atoms with E-state index in [1.54, 1.807) is 49.7 Å². The van der Waals surface area contributed by atoms with Gasteiger partial charge in [0.1, 0.15) is 23.3 Å². The number of pyridine rings is 1. The lowest BCUT2D eigenvalue weighted by Gasteiger charge is -2.22. The summed E-state index contributed by atoms with van der Waals surface area (Å²) in [5.41, 5.74) is 3.19. The molecule has 4 aromatic rings. The van der Waals surface area contributed by atoms with Crippen molar-refractivity contribution in [1.82, 2.24) is 9.97 Å². The second-order valence-corrected chi connectivity index (χ2v) is 9.63. The number of thiazole rings is 1. The highest BCUT2D eigenvalue weighted by Gasteiger charge is 2.48. The summed E-state index contributed by atoms with van der Waals surface area (Å²) in [4.78, 5) is 37.3. The van der Waals surface area contributed by atoms with Gasteiger partial charge in [0, 0.05) is 11.8 Å². The molecule has 1 atom stereocenters. The van der Waals surface area contributed by atoms with Crippen LogP contribution in [0.4, 0.5) is 5.13 Å². The van der Waals surface area contributed by atoms with E-state index in [1.165, 1.54) is 16.2 Å². The Labute approximate surface area is 217 Å². The lowest BCUT2D eigenvalue weighted by atomic mass is 9.97. The van der Waals surface area contributed by atoms with Gasteiger partial charge in [0.15, 0.2) is 5.13 Å². The van der Waals surface area contributed by atoms with Gasteiger partial charge in [-0.2, -0.15) is 0 Å². The molecular formula is C28H25N3O5S. The number of Topliss-reactive ketones (excluding diaryl/α,β-unsaturated/α-hetero) is 1. The Morgan fingerprint density at radius 2 is 1.86 bits per heavy atom. The van der Waals surface area contributed by atoms with Crippen molar-refractivity contribution in [2.75, 3.05) is 18.6 Å². The molecule has 2 aromatic heterocycles. The number of carbonyl (C=O) groups excluding carboxylic acids is 2. The molecule has 2 aromatic carbocycles. The first-order valence-corrected chi connectivity index (χ1v) is 12.6. The molecule has 1 fully saturated rings. The third-order valence-electron chi connectivity index (χ3n) is 6.26. The first kappa shape index (κ1) is 24.5. The highest BCUT2D eigenvalue weighted by atomic mass is 32.1. The number of ketones is 1. The first-order chi connectivity index (χ1) is 17.8. The summed E-state index contributed by atoms with van der Waals surface area (Å²) in [6.07, 6.45) is 1.59. The van der Waals surface area contributed by atoms with Crippen molar-refractivity contribution in [1.29, 1.82) is 0 Å². The van der Waals surface area contributed by atoms with Crippen LogP contribution in [-0.2, 0) is 9.59 Å². The van der Waals surface area contributed by atoms with Crippen molar-refractivity contribution >= 4 is 44.1 Å². The van der Waals surface area contributed by atoms with Gasteiger partial charge >= 0.3 is 5.91 Å². The van der Waals surface area contributed by atoms with E-state index < -0.39 is 17.7 Å². The maximum absolute atomic E-state index is 13.4. The van der Waals surface area contributed by atoms with E-state index in [2.05, 4.69) is 9.97 Å². The summed E-state index contributed by atoms with van der Waals surface area (Å²) in [7, 11) is 1.60. The molecule has 5 rings (SSSR count).